The number of ether oxygens (including phenoxy) is 3. The van der Waals surface area contributed by atoms with Gasteiger partial charge in [-0.15, -0.1) is 0 Å². The zero-order valence-corrected chi connectivity index (χ0v) is 30.7. The maximum atomic E-state index is 14.1. The molecule has 2 fully saturated rings. The molecule has 5 atom stereocenters. The van der Waals surface area contributed by atoms with Gasteiger partial charge in [0.15, 0.2) is 11.0 Å². The molecule has 4 aromatic rings. The van der Waals surface area contributed by atoms with E-state index in [1.165, 1.54) is 6.07 Å². The molecule has 8 heterocycles. The van der Waals surface area contributed by atoms with E-state index in [9.17, 15) is 19.8 Å². The normalized spacial score (nSPS) is 26.3. The number of nitrogens with zero attached hydrogens (tertiary/aromatic N) is 4. The van der Waals surface area contributed by atoms with Crippen LogP contribution >= 0.6 is 0 Å². The van der Waals surface area contributed by atoms with Crippen molar-refractivity contribution < 1.29 is 33.6 Å². The number of aryl methyl sites for hydroxylation is 2. The number of fused-ring (bicyclic) bond motifs is 5. The molecule has 14 heteroatoms. The Kier molecular flexibility index (Phi) is 8.06. The Morgan fingerprint density at radius 1 is 1.04 bits per heavy atom. The van der Waals surface area contributed by atoms with Gasteiger partial charge in [0.1, 0.15) is 51.6 Å². The number of pyridine rings is 2. The molecule has 6 N–H and O–H groups in total. The van der Waals surface area contributed by atoms with E-state index in [1.807, 2.05) is 32.1 Å². The molecular weight excluding hydrogens is 704 g/mol. The number of aromatic hydroxyl groups is 1. The number of phenolic OH excluding ortho intramolecular Hbond substituents is 1. The van der Waals surface area contributed by atoms with Crippen LogP contribution in [0.25, 0.3) is 22.2 Å². The number of phenols is 1. The number of aliphatic imine (C=N–C) groups is 1. The molecule has 3 aromatic heterocycles. The number of hydrogen-bond donors (Lipinski definition) is 4. The first-order chi connectivity index (χ1) is 26.3. The molecule has 0 aliphatic carbocycles. The molecule has 1 aromatic carbocycles. The van der Waals surface area contributed by atoms with Crippen molar-refractivity contribution in [3.8, 4) is 22.8 Å². The summed E-state index contributed by atoms with van der Waals surface area (Å²) < 4.78 is 24.6. The minimum atomic E-state index is -1.35. The highest BCUT2D eigenvalue weighted by Crippen LogP contribution is 2.53. The van der Waals surface area contributed by atoms with Crippen LogP contribution in [-0.2, 0) is 27.2 Å². The molecule has 0 radical (unpaired) electrons. The van der Waals surface area contributed by atoms with Crippen LogP contribution in [0.5, 0.6) is 11.5 Å². The lowest BCUT2D eigenvalue weighted by Crippen LogP contribution is -2.52. The van der Waals surface area contributed by atoms with Crippen LogP contribution in [0.15, 0.2) is 74.7 Å². The minimum absolute atomic E-state index is 0.0310. The monoisotopic (exact) mass is 746 g/mol. The van der Waals surface area contributed by atoms with Crippen molar-refractivity contribution in [1.82, 2.24) is 14.9 Å². The van der Waals surface area contributed by atoms with Gasteiger partial charge in [-0.3, -0.25) is 9.79 Å². The van der Waals surface area contributed by atoms with Crippen LogP contribution in [0.3, 0.4) is 0 Å². The third kappa shape index (κ3) is 6.18. The first-order valence-electron chi connectivity index (χ1n) is 18.6. The van der Waals surface area contributed by atoms with Crippen molar-refractivity contribution in [2.75, 3.05) is 18.0 Å². The molecular formula is C41H42N6O8. The number of carbonyl (C=O) groups excluding carboxylic acids is 1. The third-order valence-electron chi connectivity index (χ3n) is 11.3. The molecule has 0 saturated carbocycles. The zero-order valence-electron chi connectivity index (χ0n) is 30.7. The van der Waals surface area contributed by atoms with E-state index in [0.29, 0.717) is 73.2 Å². The van der Waals surface area contributed by atoms with E-state index < -0.39 is 46.8 Å². The first kappa shape index (κ1) is 35.0. The van der Waals surface area contributed by atoms with Crippen LogP contribution in [0.2, 0.25) is 0 Å². The summed E-state index contributed by atoms with van der Waals surface area (Å²) in [6.07, 6.45) is 5.27. The number of carbonyl (C=O) groups is 1. The molecule has 5 unspecified atom stereocenters. The van der Waals surface area contributed by atoms with Crippen molar-refractivity contribution in [2.45, 2.75) is 94.9 Å². The molecule has 5 aliphatic rings. The van der Waals surface area contributed by atoms with Crippen molar-refractivity contribution in [1.29, 1.82) is 0 Å². The summed E-state index contributed by atoms with van der Waals surface area (Å²) in [4.78, 5) is 42.8. The van der Waals surface area contributed by atoms with Crippen LogP contribution in [0, 0.1) is 6.92 Å². The number of benzene rings is 1. The van der Waals surface area contributed by atoms with Gasteiger partial charge < -0.3 is 45.2 Å². The van der Waals surface area contributed by atoms with Crippen LogP contribution in [0.4, 0.5) is 11.6 Å². The second-order valence-corrected chi connectivity index (χ2v) is 15.8. The Morgan fingerprint density at radius 2 is 1.85 bits per heavy atom. The van der Waals surface area contributed by atoms with Gasteiger partial charge in [-0.25, -0.2) is 14.8 Å². The maximum Gasteiger partial charge on any atom is 0.341 e. The van der Waals surface area contributed by atoms with E-state index in [0.717, 1.165) is 28.1 Å². The molecule has 55 heavy (non-hydrogen) atoms. The molecule has 0 bridgehead atoms. The van der Waals surface area contributed by atoms with Crippen molar-refractivity contribution >= 4 is 34.3 Å². The standard InChI is InChI=1S/C41H42N6O8/c1-20-10-29(49)36-30(52-20)15-31-35(37(36)50)26-6-5-25(48)16-41(39(51)53-38(26)40(2,3)54-31)32(55-41)7-4-21-11-27(46-33(42)12-21)23-13-24(45-34(43)14-23)18-47-17-22-8-9-44-28(22)19-47/h8-15,17,25-26,32,38,48,50H,4-7,16,18-19H2,1-3H3,(H2,42,46)(H2,43,45). The summed E-state index contributed by atoms with van der Waals surface area (Å²) in [5.74, 6) is 0.00377. The average Bonchev–Trinajstić information content (AvgIpc) is 3.37. The molecule has 284 valence electrons. The summed E-state index contributed by atoms with van der Waals surface area (Å²) >= 11 is 0. The fraction of sp³-hybridized carbons (Fsp3) is 0.390. The molecule has 5 aliphatic heterocycles. The number of anilines is 2. The number of aliphatic hydroxyl groups is 1. The summed E-state index contributed by atoms with van der Waals surface area (Å²) in [6, 6.07) is 10.4. The number of aliphatic hydroxyl groups excluding tert-OH is 1. The molecule has 2 saturated heterocycles. The summed E-state index contributed by atoms with van der Waals surface area (Å²) in [5, 5.41) is 22.8. The van der Waals surface area contributed by atoms with Gasteiger partial charge in [-0.1, -0.05) is 0 Å². The highest BCUT2D eigenvalue weighted by atomic mass is 16.7. The number of aromatic nitrogens is 2. The van der Waals surface area contributed by atoms with Gasteiger partial charge >= 0.3 is 5.97 Å². The van der Waals surface area contributed by atoms with Crippen molar-refractivity contribution in [3.63, 3.8) is 0 Å². The van der Waals surface area contributed by atoms with Gasteiger partial charge in [0.05, 0.1) is 42.4 Å². The second kappa shape index (κ2) is 12.7. The smallest absolute Gasteiger partial charge is 0.341 e. The number of hydrogen-bond acceptors (Lipinski definition) is 14. The van der Waals surface area contributed by atoms with E-state index in [4.69, 9.17) is 30.1 Å². The highest BCUT2D eigenvalue weighted by molar-refractivity contribution is 6.07. The topological polar surface area (TPSA) is 212 Å². The Hall–Kier alpha value is -5.73. The Bertz CT molecular complexity index is 2440. The Morgan fingerprint density at radius 3 is 2.67 bits per heavy atom. The lowest BCUT2D eigenvalue weighted by molar-refractivity contribution is -0.171. The number of nitrogen functional groups attached to an aromatic ring is 2. The number of allylic oxidation sites excluding steroid dienone is 1. The lowest BCUT2D eigenvalue weighted by atomic mass is 9.77. The maximum absolute atomic E-state index is 14.1. The molecule has 9 rings (SSSR count). The largest absolute Gasteiger partial charge is 0.507 e. The number of nitrogens with two attached hydrogens (primary N) is 2. The SMILES string of the molecule is Cc1cc(=O)c2c(O)c3c(cc2o1)OC(C)(C)C1OC(=O)C2(CC(O)CCC31)OC2CCc1cc(N)nc(-c2cc(N)nc(CN3C=C4C=CN=C4C3)c2)c1. The van der Waals surface area contributed by atoms with Crippen LogP contribution in [0.1, 0.15) is 68.0 Å². The fourth-order valence-corrected chi connectivity index (χ4v) is 8.76. The van der Waals surface area contributed by atoms with E-state index in [2.05, 4.69) is 26.1 Å². The highest BCUT2D eigenvalue weighted by Gasteiger charge is 2.65. The zero-order chi connectivity index (χ0) is 38.4. The molecule has 14 nitrogen and oxygen atoms in total. The van der Waals surface area contributed by atoms with Crippen LogP contribution in [-0.4, -0.2) is 72.8 Å². The first-order valence-corrected chi connectivity index (χ1v) is 18.6. The third-order valence-corrected chi connectivity index (χ3v) is 11.3. The second-order valence-electron chi connectivity index (χ2n) is 15.8. The van der Waals surface area contributed by atoms with Crippen molar-refractivity contribution in [2.24, 2.45) is 4.99 Å². The quantitative estimate of drug-likeness (QED) is 0.157. The Balaban J connectivity index is 0.936. The van der Waals surface area contributed by atoms with E-state index >= 15 is 0 Å². The summed E-state index contributed by atoms with van der Waals surface area (Å²) in [5.41, 5.74) is 15.6. The van der Waals surface area contributed by atoms with E-state index in [-0.39, 0.29) is 23.1 Å². The predicted molar refractivity (Wildman–Crippen MR) is 203 cm³/mol. The fourth-order valence-electron chi connectivity index (χ4n) is 8.76. The van der Waals surface area contributed by atoms with Crippen molar-refractivity contribution in [3.05, 3.63) is 93.3 Å². The van der Waals surface area contributed by atoms with Gasteiger partial charge in [-0.2, -0.15) is 0 Å². The number of esters is 1. The summed E-state index contributed by atoms with van der Waals surface area (Å²) in [6.45, 7) is 6.54. The number of epoxide rings is 1. The molecule has 0 amide bonds. The molecule has 1 spiro atoms. The average molecular weight is 747 g/mol. The minimum Gasteiger partial charge on any atom is -0.507 e. The van der Waals surface area contributed by atoms with Gasteiger partial charge in [0, 0.05) is 53.6 Å². The predicted octanol–water partition coefficient (Wildman–Crippen LogP) is 4.58. The van der Waals surface area contributed by atoms with Gasteiger partial charge in [-0.05, 0) is 82.4 Å². The number of rotatable bonds is 6. The van der Waals surface area contributed by atoms with Gasteiger partial charge in [0.25, 0.3) is 0 Å². The van der Waals surface area contributed by atoms with E-state index in [1.54, 1.807) is 31.3 Å². The summed E-state index contributed by atoms with van der Waals surface area (Å²) in [7, 11) is 0. The van der Waals surface area contributed by atoms with Crippen LogP contribution < -0.4 is 21.6 Å². The van der Waals surface area contributed by atoms with Gasteiger partial charge in [0.2, 0.25) is 0 Å². The Labute approximate surface area is 316 Å². The lowest BCUT2D eigenvalue weighted by Gasteiger charge is -2.44.